The predicted octanol–water partition coefficient (Wildman–Crippen LogP) is 4.21. The first kappa shape index (κ1) is 40.1. The van der Waals surface area contributed by atoms with E-state index in [1.165, 1.54) is 14.1 Å². The van der Waals surface area contributed by atoms with E-state index in [1.807, 2.05) is 0 Å². The number of carboxylic acids is 1. The third-order valence-electron chi connectivity index (χ3n) is 5.80. The number of carboxylic acid groups (broad SMARTS) is 1. The molecule has 0 aromatic rings. The maximum atomic E-state index is 14.4. The monoisotopic (exact) mass is 684 g/mol. The van der Waals surface area contributed by atoms with Gasteiger partial charge in [0, 0.05) is 31.9 Å². The second kappa shape index (κ2) is 11.6. The van der Waals surface area contributed by atoms with Crippen molar-refractivity contribution in [3.63, 3.8) is 0 Å². The first-order valence-electron chi connectivity index (χ1n) is 10.8. The quantitative estimate of drug-likeness (QED) is 0.181. The summed E-state index contributed by atoms with van der Waals surface area (Å²) in [5.41, 5.74) is 0. The molecule has 252 valence electrons. The molecule has 0 aromatic heterocycles. The van der Waals surface area contributed by atoms with Crippen LogP contribution >= 0.6 is 0 Å². The molecule has 0 aliphatic carbocycles. The van der Waals surface area contributed by atoms with Crippen molar-refractivity contribution in [3.05, 3.63) is 0 Å². The lowest BCUT2D eigenvalue weighted by molar-refractivity contribution is -0.890. The minimum absolute atomic E-state index is 0.247. The molecule has 0 unspecified atom stereocenters. The Hall–Kier alpha value is -1.85. The normalized spacial score (nSPS) is 15.8. The molecule has 0 spiro atoms. The summed E-state index contributed by atoms with van der Waals surface area (Å²) in [6, 6.07) is 0. The Balaban J connectivity index is 6.60. The molecular formula is C18H21F17N2O4S. The smallest absolute Gasteiger partial charge is 0.460 e. The van der Waals surface area contributed by atoms with Crippen LogP contribution < -0.4 is 5.11 Å². The van der Waals surface area contributed by atoms with Crippen LogP contribution in [0, 0.1) is 0 Å². The fourth-order valence-electron chi connectivity index (χ4n) is 3.10. The van der Waals surface area contributed by atoms with Gasteiger partial charge in [0.15, 0.2) is 0 Å². The summed E-state index contributed by atoms with van der Waals surface area (Å²) in [7, 11) is -4.81. The van der Waals surface area contributed by atoms with Crippen LogP contribution in [-0.4, -0.2) is 110 Å². The van der Waals surface area contributed by atoms with Crippen molar-refractivity contribution in [3.8, 4) is 0 Å². The molecule has 0 aromatic carbocycles. The molecule has 0 saturated heterocycles. The van der Waals surface area contributed by atoms with Gasteiger partial charge in [0.2, 0.25) is 0 Å². The summed E-state index contributed by atoms with van der Waals surface area (Å²) < 4.78 is 252. The minimum Gasteiger partial charge on any atom is -0.550 e. The number of carbonyl (C=O) groups is 1. The van der Waals surface area contributed by atoms with Crippen LogP contribution in [0.5, 0.6) is 0 Å². The summed E-state index contributed by atoms with van der Waals surface area (Å²) in [5.74, 6) is -53.5. The fraction of sp³-hybridized carbons (Fsp3) is 0.944. The Morgan fingerprint density at radius 3 is 1.36 bits per heavy atom. The molecular weight excluding hydrogens is 663 g/mol. The van der Waals surface area contributed by atoms with E-state index in [0.29, 0.717) is 6.92 Å². The predicted molar refractivity (Wildman–Crippen MR) is 103 cm³/mol. The number of alkyl halides is 17. The van der Waals surface area contributed by atoms with Crippen molar-refractivity contribution in [1.29, 1.82) is 0 Å². The Bertz CT molecular complexity index is 1070. The second-order valence-corrected chi connectivity index (χ2v) is 11.3. The number of carbonyl (C=O) groups excluding carboxylic acids is 1. The summed E-state index contributed by atoms with van der Waals surface area (Å²) in [6.45, 7) is -2.68. The molecule has 0 rings (SSSR count). The minimum atomic E-state index is -8.89. The number of hydrogen-bond donors (Lipinski definition) is 0. The van der Waals surface area contributed by atoms with Gasteiger partial charge in [-0.05, 0) is 0 Å². The van der Waals surface area contributed by atoms with Crippen LogP contribution in [0.2, 0.25) is 0 Å². The highest BCUT2D eigenvalue weighted by atomic mass is 32.2. The Morgan fingerprint density at radius 1 is 0.667 bits per heavy atom. The van der Waals surface area contributed by atoms with Gasteiger partial charge >= 0.3 is 47.0 Å². The SMILES string of the molecule is CCN(CCC[N+](C)(C)CCC(=O)[O-])S(=O)(=O)C(F)(F)C(F)(F)C(F)(F)C(F)(F)C(F)(F)C(F)(F)C(F)(F)C(F)(F)F. The average Bonchev–Trinajstić information content (AvgIpc) is 2.78. The Labute approximate surface area is 225 Å². The molecule has 24 heteroatoms. The lowest BCUT2D eigenvalue weighted by Gasteiger charge is -2.43. The zero-order chi connectivity index (χ0) is 34.4. The van der Waals surface area contributed by atoms with Gasteiger partial charge in [0.05, 0.1) is 27.2 Å². The van der Waals surface area contributed by atoms with E-state index in [-0.39, 0.29) is 17.6 Å². The summed E-state index contributed by atoms with van der Waals surface area (Å²) in [4.78, 5) is 10.5. The van der Waals surface area contributed by atoms with Crippen molar-refractivity contribution < 1.29 is 97.4 Å². The molecule has 0 N–H and O–H groups in total. The first-order chi connectivity index (χ1) is 18.1. The van der Waals surface area contributed by atoms with Crippen LogP contribution in [-0.2, 0) is 14.8 Å². The number of hydrogen-bond acceptors (Lipinski definition) is 4. The lowest BCUT2D eigenvalue weighted by Crippen LogP contribution is -2.75. The van der Waals surface area contributed by atoms with Crippen LogP contribution in [0.25, 0.3) is 0 Å². The molecule has 0 aliphatic heterocycles. The number of aliphatic carboxylic acids is 1. The first-order valence-corrected chi connectivity index (χ1v) is 12.3. The molecule has 0 fully saturated rings. The zero-order valence-electron chi connectivity index (χ0n) is 21.1. The van der Waals surface area contributed by atoms with Gasteiger partial charge in [-0.15, -0.1) is 0 Å². The highest BCUT2D eigenvalue weighted by Gasteiger charge is 2.96. The highest BCUT2D eigenvalue weighted by Crippen LogP contribution is 2.64. The van der Waals surface area contributed by atoms with Gasteiger partial charge < -0.3 is 14.4 Å². The fourth-order valence-corrected chi connectivity index (χ4v) is 4.59. The standard InChI is InChI=1S/C18H21F17N2O4S/c1-4-36(7-5-8-37(2,3)9-6-10(38)39)42(40,41)18(34,35)16(29,30)14(25,26)12(21,22)11(19,20)13(23,24)15(27,28)17(31,32)33/h4-9H2,1-3H3. The van der Waals surface area contributed by atoms with E-state index in [9.17, 15) is 93.0 Å². The number of nitrogens with zero attached hydrogens (tertiary/aromatic N) is 2. The van der Waals surface area contributed by atoms with Gasteiger partial charge in [0.1, 0.15) is 0 Å². The van der Waals surface area contributed by atoms with E-state index in [4.69, 9.17) is 0 Å². The summed E-state index contributed by atoms with van der Waals surface area (Å²) in [6.07, 6.45) is -9.17. The van der Waals surface area contributed by atoms with Gasteiger partial charge in [-0.3, -0.25) is 0 Å². The van der Waals surface area contributed by atoms with E-state index in [0.717, 1.165) is 0 Å². The third-order valence-corrected chi connectivity index (χ3v) is 7.83. The summed E-state index contributed by atoms with van der Waals surface area (Å²) >= 11 is 0. The number of quaternary nitrogens is 1. The van der Waals surface area contributed by atoms with Gasteiger partial charge in [0.25, 0.3) is 10.0 Å². The third kappa shape index (κ3) is 6.34. The number of sulfonamides is 1. The molecule has 0 bridgehead atoms. The Morgan fingerprint density at radius 2 is 1.02 bits per heavy atom. The van der Waals surface area contributed by atoms with Gasteiger partial charge in [-0.25, -0.2) is 8.42 Å². The van der Waals surface area contributed by atoms with Crippen LogP contribution in [0.15, 0.2) is 0 Å². The molecule has 0 saturated carbocycles. The molecule has 0 radical (unpaired) electrons. The van der Waals surface area contributed by atoms with Crippen molar-refractivity contribution in [2.24, 2.45) is 0 Å². The van der Waals surface area contributed by atoms with Crippen molar-refractivity contribution in [2.45, 2.75) is 66.7 Å². The number of halogens is 17. The largest absolute Gasteiger partial charge is 0.550 e. The van der Waals surface area contributed by atoms with Crippen molar-refractivity contribution in [1.82, 2.24) is 4.31 Å². The molecule has 0 aliphatic rings. The lowest BCUT2D eigenvalue weighted by atomic mass is 9.91. The average molecular weight is 684 g/mol. The second-order valence-electron chi connectivity index (χ2n) is 9.32. The van der Waals surface area contributed by atoms with E-state index in [2.05, 4.69) is 0 Å². The van der Waals surface area contributed by atoms with E-state index < -0.39 is 93.2 Å². The van der Waals surface area contributed by atoms with Crippen molar-refractivity contribution >= 4 is 16.0 Å². The van der Waals surface area contributed by atoms with Crippen LogP contribution in [0.4, 0.5) is 74.6 Å². The summed E-state index contributed by atoms with van der Waals surface area (Å²) in [5, 5.41) is 2.91. The van der Waals surface area contributed by atoms with Crippen LogP contribution in [0.3, 0.4) is 0 Å². The topological polar surface area (TPSA) is 77.5 Å². The van der Waals surface area contributed by atoms with Gasteiger partial charge in [-0.2, -0.15) is 78.9 Å². The van der Waals surface area contributed by atoms with Gasteiger partial charge in [-0.1, -0.05) is 6.92 Å². The molecule has 0 atom stereocenters. The molecule has 42 heavy (non-hydrogen) atoms. The molecule has 0 heterocycles. The number of rotatable bonds is 16. The van der Waals surface area contributed by atoms with Crippen LogP contribution in [0.1, 0.15) is 19.8 Å². The zero-order valence-corrected chi connectivity index (χ0v) is 21.9. The highest BCUT2D eigenvalue weighted by molar-refractivity contribution is 7.90. The van der Waals surface area contributed by atoms with Crippen molar-refractivity contribution in [2.75, 3.05) is 40.3 Å². The van der Waals surface area contributed by atoms with E-state index in [1.54, 1.807) is 0 Å². The maximum Gasteiger partial charge on any atom is 0.460 e. The Kier molecular flexibility index (Phi) is 11.1. The van der Waals surface area contributed by atoms with E-state index >= 15 is 0 Å². The maximum absolute atomic E-state index is 14.4. The molecule has 0 amide bonds. The molecule has 6 nitrogen and oxygen atoms in total.